The van der Waals surface area contributed by atoms with Crippen molar-refractivity contribution in [2.75, 3.05) is 0 Å². The first-order chi connectivity index (χ1) is 8.97. The molecule has 0 aliphatic rings. The number of hydrogen-bond donors (Lipinski definition) is 2. The highest BCUT2D eigenvalue weighted by Gasteiger charge is 2.10. The molecule has 6 heteroatoms. The number of aromatic nitrogens is 2. The Kier molecular flexibility index (Phi) is 3.62. The Balaban J connectivity index is 2.30. The number of carboxylic acid groups (broad SMARTS) is 1. The SMILES string of the molecule is Cc1ccn2c(=O)cc(CN[C@@H](C)C(=O)O)nc2c1. The number of rotatable bonds is 4. The van der Waals surface area contributed by atoms with Crippen molar-refractivity contribution in [3.63, 3.8) is 0 Å². The molecule has 0 radical (unpaired) electrons. The highest BCUT2D eigenvalue weighted by molar-refractivity contribution is 5.72. The Hall–Kier alpha value is -2.21. The van der Waals surface area contributed by atoms with Gasteiger partial charge in [-0.1, -0.05) is 0 Å². The quantitative estimate of drug-likeness (QED) is 0.840. The molecule has 6 nitrogen and oxygen atoms in total. The average molecular weight is 261 g/mol. The molecule has 0 saturated heterocycles. The van der Waals surface area contributed by atoms with Gasteiger partial charge in [0.1, 0.15) is 11.7 Å². The van der Waals surface area contributed by atoms with Gasteiger partial charge in [-0.05, 0) is 31.5 Å². The second-order valence-corrected chi connectivity index (χ2v) is 4.46. The van der Waals surface area contributed by atoms with Gasteiger partial charge in [0.05, 0.1) is 5.69 Å². The number of nitrogens with one attached hydrogen (secondary N) is 1. The van der Waals surface area contributed by atoms with Crippen LogP contribution in [0, 0.1) is 6.92 Å². The molecule has 0 saturated carbocycles. The molecule has 0 aliphatic carbocycles. The average Bonchev–Trinajstić information content (AvgIpc) is 2.35. The van der Waals surface area contributed by atoms with Gasteiger partial charge in [0.2, 0.25) is 0 Å². The molecular formula is C13H15N3O3. The zero-order valence-electron chi connectivity index (χ0n) is 10.8. The lowest BCUT2D eigenvalue weighted by Gasteiger charge is -2.09. The van der Waals surface area contributed by atoms with Gasteiger partial charge in [0.25, 0.3) is 5.56 Å². The third-order valence-corrected chi connectivity index (χ3v) is 2.84. The fourth-order valence-corrected chi connectivity index (χ4v) is 1.69. The van der Waals surface area contributed by atoms with Crippen LogP contribution in [0.5, 0.6) is 0 Å². The Labute approximate surface area is 109 Å². The Morgan fingerprint density at radius 3 is 2.95 bits per heavy atom. The van der Waals surface area contributed by atoms with E-state index in [9.17, 15) is 9.59 Å². The first-order valence-corrected chi connectivity index (χ1v) is 5.92. The minimum absolute atomic E-state index is 0.176. The molecular weight excluding hydrogens is 246 g/mol. The van der Waals surface area contributed by atoms with Crippen LogP contribution in [0.2, 0.25) is 0 Å². The van der Waals surface area contributed by atoms with E-state index in [-0.39, 0.29) is 12.1 Å². The van der Waals surface area contributed by atoms with Gasteiger partial charge in [-0.3, -0.25) is 19.3 Å². The molecule has 2 heterocycles. The van der Waals surface area contributed by atoms with Crippen LogP contribution in [0.4, 0.5) is 0 Å². The van der Waals surface area contributed by atoms with E-state index in [1.807, 2.05) is 19.1 Å². The van der Waals surface area contributed by atoms with Crippen LogP contribution in [0.3, 0.4) is 0 Å². The van der Waals surface area contributed by atoms with E-state index >= 15 is 0 Å². The summed E-state index contributed by atoms with van der Waals surface area (Å²) in [6.07, 6.45) is 1.68. The Bertz CT molecular complexity index is 678. The molecule has 0 amide bonds. The maximum Gasteiger partial charge on any atom is 0.320 e. The lowest BCUT2D eigenvalue weighted by molar-refractivity contribution is -0.139. The third-order valence-electron chi connectivity index (χ3n) is 2.84. The van der Waals surface area contributed by atoms with Crippen LogP contribution < -0.4 is 10.9 Å². The molecule has 2 rings (SSSR count). The van der Waals surface area contributed by atoms with E-state index in [0.717, 1.165) is 5.56 Å². The molecule has 19 heavy (non-hydrogen) atoms. The maximum absolute atomic E-state index is 11.9. The van der Waals surface area contributed by atoms with E-state index in [0.29, 0.717) is 11.3 Å². The molecule has 0 aliphatic heterocycles. The fraction of sp³-hybridized carbons (Fsp3) is 0.308. The number of aliphatic carboxylic acids is 1. The standard InChI is InChI=1S/C13H15N3O3/c1-8-3-4-16-11(5-8)15-10(6-12(16)17)7-14-9(2)13(18)19/h3-6,9,14H,7H2,1-2H3,(H,18,19)/t9-/m0/s1. The van der Waals surface area contributed by atoms with E-state index < -0.39 is 12.0 Å². The molecule has 0 bridgehead atoms. The molecule has 2 aromatic rings. The summed E-state index contributed by atoms with van der Waals surface area (Å²) < 4.78 is 1.46. The van der Waals surface area contributed by atoms with Gasteiger partial charge >= 0.3 is 5.97 Å². The molecule has 0 fully saturated rings. The van der Waals surface area contributed by atoms with Crippen molar-refractivity contribution in [1.82, 2.24) is 14.7 Å². The second-order valence-electron chi connectivity index (χ2n) is 4.46. The predicted octanol–water partition coefficient (Wildman–Crippen LogP) is 0.566. The summed E-state index contributed by atoms with van der Waals surface area (Å²) in [5.41, 5.74) is 1.93. The van der Waals surface area contributed by atoms with Crippen molar-refractivity contribution >= 4 is 11.6 Å². The van der Waals surface area contributed by atoms with E-state index in [1.165, 1.54) is 10.5 Å². The number of carboxylic acids is 1. The third kappa shape index (κ3) is 2.97. The lowest BCUT2D eigenvalue weighted by Crippen LogP contribution is -2.33. The summed E-state index contributed by atoms with van der Waals surface area (Å²) in [4.78, 5) is 26.9. The van der Waals surface area contributed by atoms with Gasteiger partial charge in [-0.2, -0.15) is 0 Å². The van der Waals surface area contributed by atoms with Crippen LogP contribution in [0.15, 0.2) is 29.2 Å². The normalized spacial score (nSPS) is 12.5. The lowest BCUT2D eigenvalue weighted by atomic mass is 10.3. The van der Waals surface area contributed by atoms with E-state index in [1.54, 1.807) is 13.1 Å². The highest BCUT2D eigenvalue weighted by Crippen LogP contribution is 2.03. The van der Waals surface area contributed by atoms with Gasteiger partial charge in [0.15, 0.2) is 0 Å². The number of fused-ring (bicyclic) bond motifs is 1. The van der Waals surface area contributed by atoms with E-state index in [4.69, 9.17) is 5.11 Å². The minimum Gasteiger partial charge on any atom is -0.480 e. The molecule has 0 unspecified atom stereocenters. The van der Waals surface area contributed by atoms with Gasteiger partial charge in [0, 0.05) is 18.8 Å². The molecule has 0 spiro atoms. The Morgan fingerprint density at radius 2 is 2.26 bits per heavy atom. The highest BCUT2D eigenvalue weighted by atomic mass is 16.4. The van der Waals surface area contributed by atoms with Crippen LogP contribution in [0.1, 0.15) is 18.2 Å². The first-order valence-electron chi connectivity index (χ1n) is 5.92. The number of hydrogen-bond acceptors (Lipinski definition) is 4. The number of pyridine rings is 1. The molecule has 0 aromatic carbocycles. The molecule has 2 aromatic heterocycles. The van der Waals surface area contributed by atoms with Gasteiger partial charge in [-0.15, -0.1) is 0 Å². The predicted molar refractivity (Wildman–Crippen MR) is 70.1 cm³/mol. The van der Waals surface area contributed by atoms with Crippen LogP contribution in [-0.2, 0) is 11.3 Å². The topological polar surface area (TPSA) is 83.7 Å². The molecule has 1 atom stereocenters. The number of aryl methyl sites for hydroxylation is 1. The summed E-state index contributed by atoms with van der Waals surface area (Å²) in [6, 6.07) is 4.37. The monoisotopic (exact) mass is 261 g/mol. The van der Waals surface area contributed by atoms with Crippen molar-refractivity contribution in [3.05, 3.63) is 46.0 Å². The van der Waals surface area contributed by atoms with E-state index in [2.05, 4.69) is 10.3 Å². The van der Waals surface area contributed by atoms with Crippen molar-refractivity contribution in [3.8, 4) is 0 Å². The molecule has 100 valence electrons. The summed E-state index contributed by atoms with van der Waals surface area (Å²) in [5.74, 6) is -0.937. The second kappa shape index (κ2) is 5.19. The van der Waals surface area contributed by atoms with Crippen molar-refractivity contribution < 1.29 is 9.90 Å². The largest absolute Gasteiger partial charge is 0.480 e. The maximum atomic E-state index is 11.9. The van der Waals surface area contributed by atoms with Crippen molar-refractivity contribution in [2.45, 2.75) is 26.4 Å². The minimum atomic E-state index is -0.937. The van der Waals surface area contributed by atoms with Crippen LogP contribution >= 0.6 is 0 Å². The van der Waals surface area contributed by atoms with Crippen LogP contribution in [-0.4, -0.2) is 26.5 Å². The van der Waals surface area contributed by atoms with Crippen molar-refractivity contribution in [2.24, 2.45) is 0 Å². The van der Waals surface area contributed by atoms with Crippen LogP contribution in [0.25, 0.3) is 5.65 Å². The number of nitrogens with zero attached hydrogens (tertiary/aromatic N) is 2. The molecule has 2 N–H and O–H groups in total. The summed E-state index contributed by atoms with van der Waals surface area (Å²) in [6.45, 7) is 3.71. The first kappa shape index (κ1) is 13.2. The zero-order valence-corrected chi connectivity index (χ0v) is 10.8. The smallest absolute Gasteiger partial charge is 0.320 e. The Morgan fingerprint density at radius 1 is 1.53 bits per heavy atom. The summed E-state index contributed by atoms with van der Waals surface area (Å²) in [5, 5.41) is 11.6. The summed E-state index contributed by atoms with van der Waals surface area (Å²) in [7, 11) is 0. The van der Waals surface area contributed by atoms with Gasteiger partial charge in [-0.25, -0.2) is 4.98 Å². The fourth-order valence-electron chi connectivity index (χ4n) is 1.69. The number of carbonyl (C=O) groups is 1. The zero-order chi connectivity index (χ0) is 14.0. The van der Waals surface area contributed by atoms with Crippen molar-refractivity contribution in [1.29, 1.82) is 0 Å². The summed E-state index contributed by atoms with van der Waals surface area (Å²) >= 11 is 0. The van der Waals surface area contributed by atoms with Gasteiger partial charge < -0.3 is 5.11 Å².